The van der Waals surface area contributed by atoms with Gasteiger partial charge in [-0.05, 0) is 36.6 Å². The van der Waals surface area contributed by atoms with Crippen molar-refractivity contribution in [3.63, 3.8) is 0 Å². The van der Waals surface area contributed by atoms with Gasteiger partial charge in [0.2, 0.25) is 5.91 Å². The van der Waals surface area contributed by atoms with Crippen LogP contribution >= 0.6 is 24.0 Å². The average Bonchev–Trinajstić information content (AvgIpc) is 3.31. The molecule has 1 fully saturated rings. The molecule has 0 spiro atoms. The van der Waals surface area contributed by atoms with Crippen LogP contribution in [0.2, 0.25) is 0 Å². The van der Waals surface area contributed by atoms with E-state index < -0.39 is 0 Å². The normalized spacial score (nSPS) is 15.3. The maximum absolute atomic E-state index is 13.0. The van der Waals surface area contributed by atoms with Crippen molar-refractivity contribution in [3.05, 3.63) is 59.3 Å². The lowest BCUT2D eigenvalue weighted by Gasteiger charge is -2.14. The van der Waals surface area contributed by atoms with Crippen LogP contribution in [0.25, 0.3) is 6.08 Å². The quantitative estimate of drug-likeness (QED) is 0.374. The Bertz CT molecular complexity index is 898. The highest BCUT2D eigenvalue weighted by Gasteiger charge is 2.31. The second kappa shape index (κ2) is 10.3. The van der Waals surface area contributed by atoms with Crippen molar-refractivity contribution in [2.45, 2.75) is 25.8 Å². The molecule has 1 saturated heterocycles. The number of amides is 2. The first-order valence-electron chi connectivity index (χ1n) is 9.26. The number of thioether (sulfide) groups is 1. The Morgan fingerprint density at radius 2 is 2.03 bits per heavy atom. The Balaban J connectivity index is 1.39. The lowest BCUT2D eigenvalue weighted by Crippen LogP contribution is -2.31. The lowest BCUT2D eigenvalue weighted by atomic mass is 10.2. The summed E-state index contributed by atoms with van der Waals surface area (Å²) in [7, 11) is 0. The van der Waals surface area contributed by atoms with E-state index in [4.69, 9.17) is 12.2 Å². The van der Waals surface area contributed by atoms with E-state index in [1.165, 1.54) is 28.8 Å². The van der Waals surface area contributed by atoms with Gasteiger partial charge in [-0.3, -0.25) is 14.5 Å². The number of aryl methyl sites for hydroxylation is 1. The second-order valence-electron chi connectivity index (χ2n) is 6.49. The summed E-state index contributed by atoms with van der Waals surface area (Å²) in [4.78, 5) is 30.5. The van der Waals surface area contributed by atoms with Gasteiger partial charge < -0.3 is 9.88 Å². The van der Waals surface area contributed by atoms with E-state index in [2.05, 4.69) is 10.3 Å². The minimum atomic E-state index is -0.324. The van der Waals surface area contributed by atoms with E-state index in [9.17, 15) is 14.0 Å². The van der Waals surface area contributed by atoms with Crippen molar-refractivity contribution in [2.24, 2.45) is 0 Å². The summed E-state index contributed by atoms with van der Waals surface area (Å²) in [5.41, 5.74) is 0.738. The van der Waals surface area contributed by atoms with Gasteiger partial charge in [-0.2, -0.15) is 0 Å². The number of halogens is 1. The number of carbonyl (C=O) groups excluding carboxylic acids is 2. The summed E-state index contributed by atoms with van der Waals surface area (Å²) in [5, 5.41) is 2.88. The molecule has 1 aliphatic heterocycles. The van der Waals surface area contributed by atoms with Gasteiger partial charge in [-0.25, -0.2) is 9.37 Å². The van der Waals surface area contributed by atoms with E-state index in [0.717, 1.165) is 18.5 Å². The van der Waals surface area contributed by atoms with Crippen molar-refractivity contribution in [1.82, 2.24) is 19.8 Å². The van der Waals surface area contributed by atoms with Crippen molar-refractivity contribution >= 4 is 46.2 Å². The molecule has 9 heteroatoms. The number of benzene rings is 1. The molecule has 0 saturated carbocycles. The Morgan fingerprint density at radius 1 is 1.24 bits per heavy atom. The predicted octanol–water partition coefficient (Wildman–Crippen LogP) is 3.21. The first kappa shape index (κ1) is 21.2. The fraction of sp³-hybridized carbons (Fsp3) is 0.300. The number of nitrogens with zero attached hydrogens (tertiary/aromatic N) is 3. The summed E-state index contributed by atoms with van der Waals surface area (Å²) in [6, 6.07) is 5.92. The molecule has 2 heterocycles. The largest absolute Gasteiger partial charge is 0.356 e. The van der Waals surface area contributed by atoms with Crippen LogP contribution in [-0.2, 0) is 16.1 Å². The lowest BCUT2D eigenvalue weighted by molar-refractivity contribution is -0.124. The Morgan fingerprint density at radius 3 is 2.76 bits per heavy atom. The summed E-state index contributed by atoms with van der Waals surface area (Å²) < 4.78 is 15.4. The Kier molecular flexibility index (Phi) is 7.54. The Hall–Kier alpha value is -2.52. The number of imidazole rings is 1. The molecule has 3 rings (SSSR count). The van der Waals surface area contributed by atoms with Gasteiger partial charge in [0.05, 0.1) is 11.2 Å². The minimum absolute atomic E-state index is 0.0390. The summed E-state index contributed by atoms with van der Waals surface area (Å²) in [5.74, 6) is -0.539. The molecule has 152 valence electrons. The smallest absolute Gasteiger partial charge is 0.266 e. The average molecular weight is 433 g/mol. The molecular weight excluding hydrogens is 411 g/mol. The maximum Gasteiger partial charge on any atom is 0.266 e. The fourth-order valence-corrected chi connectivity index (χ4v) is 4.11. The molecule has 0 atom stereocenters. The van der Waals surface area contributed by atoms with Crippen LogP contribution in [-0.4, -0.2) is 43.7 Å². The van der Waals surface area contributed by atoms with Crippen molar-refractivity contribution in [1.29, 1.82) is 0 Å². The summed E-state index contributed by atoms with van der Waals surface area (Å²) in [6.45, 7) is 1.80. The third kappa shape index (κ3) is 6.23. The number of hydrogen-bond acceptors (Lipinski definition) is 5. The molecule has 2 aromatic rings. The first-order chi connectivity index (χ1) is 14.0. The van der Waals surface area contributed by atoms with Crippen LogP contribution in [0.4, 0.5) is 4.39 Å². The summed E-state index contributed by atoms with van der Waals surface area (Å²) in [6.07, 6.45) is 8.74. The minimum Gasteiger partial charge on any atom is -0.356 e. The molecule has 1 aromatic carbocycles. The second-order valence-corrected chi connectivity index (χ2v) is 8.17. The zero-order valence-corrected chi connectivity index (χ0v) is 17.3. The van der Waals surface area contributed by atoms with Crippen molar-refractivity contribution in [3.8, 4) is 0 Å². The highest BCUT2D eigenvalue weighted by Crippen LogP contribution is 2.32. The third-order valence-electron chi connectivity index (χ3n) is 4.30. The molecule has 1 N–H and O–H groups in total. The number of rotatable bonds is 9. The number of carbonyl (C=O) groups is 2. The number of aromatic nitrogens is 2. The van der Waals surface area contributed by atoms with Crippen molar-refractivity contribution in [2.75, 3.05) is 13.1 Å². The van der Waals surface area contributed by atoms with Crippen LogP contribution in [0.1, 0.15) is 24.8 Å². The molecule has 2 amide bonds. The monoisotopic (exact) mass is 432 g/mol. The standard InChI is InChI=1S/C20H21FN4O2S2/c21-16-6-4-15(5-7-16)13-17-19(27)25(20(28)29-17)11-1-3-18(26)23-8-2-10-24-12-9-22-14-24/h4-7,9,12-14H,1-3,8,10-11H2,(H,23,26). The molecule has 1 aliphatic rings. The van der Waals surface area contributed by atoms with Crippen LogP contribution in [0.5, 0.6) is 0 Å². The molecule has 0 aliphatic carbocycles. The third-order valence-corrected chi connectivity index (χ3v) is 5.68. The van der Waals surface area contributed by atoms with E-state index in [1.807, 2.05) is 10.8 Å². The Labute approximate surface area is 178 Å². The topological polar surface area (TPSA) is 67.2 Å². The van der Waals surface area contributed by atoms with E-state index in [1.54, 1.807) is 30.7 Å². The number of thiocarbonyl (C=S) groups is 1. The molecule has 0 bridgehead atoms. The van der Waals surface area contributed by atoms with Crippen LogP contribution < -0.4 is 5.32 Å². The van der Waals surface area contributed by atoms with Crippen LogP contribution in [0.15, 0.2) is 47.9 Å². The number of hydrogen-bond donors (Lipinski definition) is 1. The number of nitrogens with one attached hydrogen (secondary N) is 1. The van der Waals surface area contributed by atoms with Crippen molar-refractivity contribution < 1.29 is 14.0 Å². The van der Waals surface area contributed by atoms with Gasteiger partial charge in [-0.15, -0.1) is 0 Å². The van der Waals surface area contributed by atoms with Gasteiger partial charge in [0.15, 0.2) is 0 Å². The molecular formula is C20H21FN4O2S2. The van der Waals surface area contributed by atoms with Gasteiger partial charge >= 0.3 is 0 Å². The van der Waals surface area contributed by atoms with E-state index in [-0.39, 0.29) is 17.6 Å². The van der Waals surface area contributed by atoms with Gasteiger partial charge in [-0.1, -0.05) is 36.1 Å². The maximum atomic E-state index is 13.0. The zero-order chi connectivity index (χ0) is 20.6. The molecule has 6 nitrogen and oxygen atoms in total. The van der Waals surface area contributed by atoms with Gasteiger partial charge in [0.25, 0.3) is 5.91 Å². The summed E-state index contributed by atoms with van der Waals surface area (Å²) >= 11 is 6.52. The van der Waals surface area contributed by atoms with E-state index in [0.29, 0.717) is 35.2 Å². The highest BCUT2D eigenvalue weighted by molar-refractivity contribution is 8.26. The van der Waals surface area contributed by atoms with Crippen LogP contribution in [0, 0.1) is 5.82 Å². The van der Waals surface area contributed by atoms with Gasteiger partial charge in [0.1, 0.15) is 10.1 Å². The first-order valence-corrected chi connectivity index (χ1v) is 10.5. The highest BCUT2D eigenvalue weighted by atomic mass is 32.2. The molecule has 29 heavy (non-hydrogen) atoms. The predicted molar refractivity (Wildman–Crippen MR) is 115 cm³/mol. The van der Waals surface area contributed by atoms with E-state index >= 15 is 0 Å². The zero-order valence-electron chi connectivity index (χ0n) is 15.7. The van der Waals surface area contributed by atoms with Gasteiger partial charge in [0, 0.05) is 38.4 Å². The molecule has 1 aromatic heterocycles. The SMILES string of the molecule is O=C(CCCN1C(=O)C(=Cc2ccc(F)cc2)SC1=S)NCCCn1ccnc1. The van der Waals surface area contributed by atoms with Crippen LogP contribution in [0.3, 0.4) is 0 Å². The molecule has 0 unspecified atom stereocenters. The fourth-order valence-electron chi connectivity index (χ4n) is 2.80. The molecule has 0 radical (unpaired) electrons.